The molecule has 144 valence electrons. The van der Waals surface area contributed by atoms with Crippen LogP contribution in [0.25, 0.3) is 5.69 Å². The van der Waals surface area contributed by atoms with Crippen LogP contribution in [0, 0.1) is 20.8 Å². The van der Waals surface area contributed by atoms with Crippen molar-refractivity contribution in [2.24, 2.45) is 0 Å². The third-order valence-corrected chi connectivity index (χ3v) is 4.70. The van der Waals surface area contributed by atoms with Crippen LogP contribution in [-0.2, 0) is 9.59 Å². The van der Waals surface area contributed by atoms with Crippen molar-refractivity contribution in [3.05, 3.63) is 41.2 Å². The van der Waals surface area contributed by atoms with Gasteiger partial charge in [-0.1, -0.05) is 17.7 Å². The van der Waals surface area contributed by atoms with Crippen LogP contribution in [0.2, 0.25) is 0 Å². The Morgan fingerprint density at radius 1 is 1.11 bits per heavy atom. The Morgan fingerprint density at radius 3 is 2.37 bits per heavy atom. The number of aromatic nitrogens is 2. The maximum Gasteiger partial charge on any atom is 0.279 e. The maximum absolute atomic E-state index is 12.4. The highest BCUT2D eigenvalue weighted by atomic mass is 16.2. The first kappa shape index (κ1) is 19.1. The molecule has 0 bridgehead atoms. The van der Waals surface area contributed by atoms with Crippen molar-refractivity contribution in [1.82, 2.24) is 15.1 Å². The van der Waals surface area contributed by atoms with Crippen LogP contribution in [0.3, 0.4) is 0 Å². The van der Waals surface area contributed by atoms with Crippen molar-refractivity contribution >= 4 is 17.5 Å². The Balaban J connectivity index is 1.61. The highest BCUT2D eigenvalue weighted by Gasteiger charge is 2.25. The standard InChI is InChI=1S/C20H27N5O2/c1-13-5-9-17(10-6-13)25-15(3)20(14(2)23-25)22-19(27)12-24(4)11-18(26)21-16-7-8-16/h5-6,9-10,16H,7-8,11-12H2,1-4H3,(H,21,26)(H,22,27)/p+1. The summed E-state index contributed by atoms with van der Waals surface area (Å²) in [5.74, 6) is -0.122. The normalized spacial score (nSPS) is 14.7. The second-order valence-corrected chi connectivity index (χ2v) is 7.49. The molecule has 1 aliphatic carbocycles. The first-order valence-electron chi connectivity index (χ1n) is 9.37. The molecule has 0 saturated heterocycles. The Bertz CT molecular complexity index is 837. The number of carbonyl (C=O) groups is 2. The number of nitrogens with one attached hydrogen (secondary N) is 3. The van der Waals surface area contributed by atoms with Crippen molar-refractivity contribution in [1.29, 1.82) is 0 Å². The fourth-order valence-electron chi connectivity index (χ4n) is 3.06. The van der Waals surface area contributed by atoms with Crippen LogP contribution in [0.15, 0.2) is 24.3 Å². The lowest BCUT2D eigenvalue weighted by Crippen LogP contribution is -3.11. The van der Waals surface area contributed by atoms with Gasteiger partial charge in [-0.15, -0.1) is 0 Å². The smallest absolute Gasteiger partial charge is 0.279 e. The summed E-state index contributed by atoms with van der Waals surface area (Å²) in [5.41, 5.74) is 4.53. The molecule has 1 fully saturated rings. The van der Waals surface area contributed by atoms with E-state index in [0.29, 0.717) is 12.6 Å². The van der Waals surface area contributed by atoms with Crippen molar-refractivity contribution < 1.29 is 14.5 Å². The average Bonchev–Trinajstić information content (AvgIpc) is 3.36. The molecule has 0 aliphatic heterocycles. The van der Waals surface area contributed by atoms with E-state index < -0.39 is 0 Å². The second kappa shape index (κ2) is 7.92. The van der Waals surface area contributed by atoms with Crippen LogP contribution in [-0.4, -0.2) is 47.8 Å². The summed E-state index contributed by atoms with van der Waals surface area (Å²) in [5, 5.41) is 10.5. The number of rotatable bonds is 7. The zero-order valence-electron chi connectivity index (χ0n) is 16.4. The molecule has 0 spiro atoms. The molecular formula is C20H28N5O2+. The van der Waals surface area contributed by atoms with Crippen molar-refractivity contribution in [2.75, 3.05) is 25.5 Å². The average molecular weight is 370 g/mol. The molecule has 1 atom stereocenters. The van der Waals surface area contributed by atoms with Crippen LogP contribution in [0.5, 0.6) is 0 Å². The number of nitrogens with zero attached hydrogens (tertiary/aromatic N) is 2. The van der Waals surface area contributed by atoms with Gasteiger partial charge in [0, 0.05) is 6.04 Å². The molecule has 1 aliphatic rings. The molecule has 1 aromatic heterocycles. The van der Waals surface area contributed by atoms with Crippen LogP contribution in [0.4, 0.5) is 5.69 Å². The van der Waals surface area contributed by atoms with Crippen molar-refractivity contribution in [2.45, 2.75) is 39.7 Å². The van der Waals surface area contributed by atoms with Gasteiger partial charge in [0.2, 0.25) is 0 Å². The maximum atomic E-state index is 12.4. The predicted molar refractivity (Wildman–Crippen MR) is 104 cm³/mol. The number of carbonyl (C=O) groups excluding carboxylic acids is 2. The Morgan fingerprint density at radius 2 is 1.74 bits per heavy atom. The van der Waals surface area contributed by atoms with E-state index in [2.05, 4.69) is 15.7 Å². The van der Waals surface area contributed by atoms with Gasteiger partial charge in [0.25, 0.3) is 11.8 Å². The number of aryl methyl sites for hydroxylation is 2. The molecule has 7 heteroatoms. The molecule has 1 aromatic carbocycles. The molecule has 2 aromatic rings. The third kappa shape index (κ3) is 4.95. The first-order valence-corrected chi connectivity index (χ1v) is 9.37. The van der Waals surface area contributed by atoms with Gasteiger partial charge in [0.05, 0.1) is 29.8 Å². The Hall–Kier alpha value is -2.67. The molecule has 7 nitrogen and oxygen atoms in total. The van der Waals surface area contributed by atoms with Crippen LogP contribution < -0.4 is 15.5 Å². The lowest BCUT2D eigenvalue weighted by molar-refractivity contribution is -0.862. The number of benzene rings is 1. The monoisotopic (exact) mass is 370 g/mol. The van der Waals surface area contributed by atoms with E-state index in [-0.39, 0.29) is 18.4 Å². The lowest BCUT2D eigenvalue weighted by atomic mass is 10.2. The predicted octanol–water partition coefficient (Wildman–Crippen LogP) is 0.529. The van der Waals surface area contributed by atoms with Crippen molar-refractivity contribution in [3.8, 4) is 5.69 Å². The number of anilines is 1. The van der Waals surface area contributed by atoms with E-state index in [4.69, 9.17) is 0 Å². The van der Waals surface area contributed by atoms with Crippen molar-refractivity contribution in [3.63, 3.8) is 0 Å². The summed E-state index contributed by atoms with van der Waals surface area (Å²) in [7, 11) is 1.85. The highest BCUT2D eigenvalue weighted by molar-refractivity contribution is 5.92. The first-order chi connectivity index (χ1) is 12.8. The number of hydrogen-bond donors (Lipinski definition) is 3. The minimum atomic E-state index is -0.124. The molecule has 3 rings (SSSR count). The highest BCUT2D eigenvalue weighted by Crippen LogP contribution is 2.22. The SMILES string of the molecule is Cc1ccc(-n2nc(C)c(NC(=O)C[NH+](C)CC(=O)NC3CC3)c2C)cc1. The van der Waals surface area contributed by atoms with Gasteiger partial charge < -0.3 is 15.5 Å². The summed E-state index contributed by atoms with van der Waals surface area (Å²) >= 11 is 0. The quantitative estimate of drug-likeness (QED) is 0.665. The zero-order chi connectivity index (χ0) is 19.6. The van der Waals surface area contributed by atoms with E-state index in [1.807, 2.05) is 56.8 Å². The molecule has 27 heavy (non-hydrogen) atoms. The van der Waals surface area contributed by atoms with E-state index >= 15 is 0 Å². The Kier molecular flexibility index (Phi) is 5.60. The largest absolute Gasteiger partial charge is 0.348 e. The molecule has 1 saturated carbocycles. The number of hydrogen-bond acceptors (Lipinski definition) is 3. The molecule has 1 unspecified atom stereocenters. The fraction of sp³-hybridized carbons (Fsp3) is 0.450. The number of likely N-dealkylation sites (N-methyl/N-ethyl adjacent to an activating group) is 1. The summed E-state index contributed by atoms with van der Waals surface area (Å²) < 4.78 is 1.84. The fourth-order valence-corrected chi connectivity index (χ4v) is 3.06. The topological polar surface area (TPSA) is 80.5 Å². The molecule has 0 radical (unpaired) electrons. The molecule has 1 heterocycles. The van der Waals surface area contributed by atoms with E-state index in [0.717, 1.165) is 40.5 Å². The number of quaternary nitrogens is 1. The summed E-state index contributed by atoms with van der Waals surface area (Å²) in [6.07, 6.45) is 2.13. The summed E-state index contributed by atoms with van der Waals surface area (Å²) in [6.45, 7) is 6.39. The molecular weight excluding hydrogens is 342 g/mol. The van der Waals surface area contributed by atoms with E-state index in [1.54, 1.807) is 0 Å². The molecule has 2 amide bonds. The van der Waals surface area contributed by atoms with Gasteiger partial charge in [-0.05, 0) is 45.7 Å². The summed E-state index contributed by atoms with van der Waals surface area (Å²) in [6, 6.07) is 8.44. The third-order valence-electron chi connectivity index (χ3n) is 4.70. The number of amides is 2. The van der Waals surface area contributed by atoms with Gasteiger partial charge in [-0.3, -0.25) is 9.59 Å². The van der Waals surface area contributed by atoms with E-state index in [9.17, 15) is 9.59 Å². The molecule has 3 N–H and O–H groups in total. The van der Waals surface area contributed by atoms with E-state index in [1.165, 1.54) is 5.56 Å². The van der Waals surface area contributed by atoms with Gasteiger partial charge in [0.15, 0.2) is 13.1 Å². The Labute approximate surface area is 159 Å². The minimum absolute atomic E-state index is 0.00218. The van der Waals surface area contributed by atoms with Gasteiger partial charge in [-0.2, -0.15) is 5.10 Å². The summed E-state index contributed by atoms with van der Waals surface area (Å²) in [4.78, 5) is 25.1. The van der Waals surface area contributed by atoms with Gasteiger partial charge in [0.1, 0.15) is 0 Å². The second-order valence-electron chi connectivity index (χ2n) is 7.49. The minimum Gasteiger partial charge on any atom is -0.348 e. The van der Waals surface area contributed by atoms with Gasteiger partial charge in [-0.25, -0.2) is 4.68 Å². The van der Waals surface area contributed by atoms with Crippen LogP contribution in [0.1, 0.15) is 29.8 Å². The van der Waals surface area contributed by atoms with Gasteiger partial charge >= 0.3 is 0 Å². The lowest BCUT2D eigenvalue weighted by Gasteiger charge is -2.14. The van der Waals surface area contributed by atoms with Crippen LogP contribution >= 0.6 is 0 Å². The zero-order valence-corrected chi connectivity index (χ0v) is 16.4.